The zero-order valence-corrected chi connectivity index (χ0v) is 0. The molecule has 0 nitrogen and oxygen atoms in total. The Balaban J connectivity index is -0.000000000833. The van der Waals surface area contributed by atoms with Crippen LogP contribution in [-0.4, -0.2) is 0 Å². The van der Waals surface area contributed by atoms with Crippen LogP contribution in [-0.2, 0) is 0 Å². The Kier molecular flexibility index (Phi) is 0. The van der Waals surface area contributed by atoms with Crippen molar-refractivity contribution in [2.75, 3.05) is 0 Å². The largest absolute Gasteiger partial charge is 0.0776 e. The highest BCUT2D eigenvalue weighted by Gasteiger charge is -0.0736. The van der Waals surface area contributed by atoms with Crippen LogP contribution in [0.5, 0.6) is 0 Å². The summed E-state index contributed by atoms with van der Waals surface area (Å²) in [4.78, 5) is 0. The summed E-state index contributed by atoms with van der Waals surface area (Å²) >= 11 is 0. The van der Waals surface area contributed by atoms with E-state index in [1.54, 1.807) is 0 Å². The molecule has 0 spiro atoms. The van der Waals surface area contributed by atoms with Crippen molar-refractivity contribution in [1.29, 1.82) is 0 Å². The zero-order chi connectivity index (χ0) is 4.00. The van der Waals surface area contributed by atoms with E-state index in [-0.39, 0.29) is 38.6 Å². The van der Waals surface area contributed by atoms with Crippen LogP contribution in [0, 0.1) is 0 Å². The van der Waals surface area contributed by atoms with Crippen molar-refractivity contribution >= 4 is 0 Å². The van der Waals surface area contributed by atoms with Crippen molar-refractivity contribution in [3.63, 3.8) is 0 Å². The maximum atomic E-state index is 5.00. The van der Waals surface area contributed by atoms with Gasteiger partial charge in [0.2, 0.25) is 0 Å². The summed E-state index contributed by atoms with van der Waals surface area (Å²) in [5.41, 5.74) is 0. The van der Waals surface area contributed by atoms with E-state index in [9.17, 15) is 0 Å². The standard InChI is InChI=1S/5CH4.3H2/h5*1H4;3*1H/i;;;;;2*1+2T;1+2. The molecule has 0 atom stereocenters. The molecule has 0 aromatic rings. The van der Waals surface area contributed by atoms with Gasteiger partial charge < -0.3 is 0 Å². The smallest absolute Gasteiger partial charge is 0 e. The summed E-state index contributed by atoms with van der Waals surface area (Å²) in [5.74, 6) is 0. The van der Waals surface area contributed by atoms with Crippen LogP contribution in [0.15, 0.2) is 0 Å². The van der Waals surface area contributed by atoms with Gasteiger partial charge in [0.25, 0.3) is 0 Å². The van der Waals surface area contributed by atoms with Crippen molar-refractivity contribution in [2.24, 2.45) is 0 Å². The van der Waals surface area contributed by atoms with E-state index in [4.69, 9.17) is 5.94 Å². The molecule has 0 aliphatic heterocycles. The first kappa shape index (κ1) is 20.0. The van der Waals surface area contributed by atoms with Crippen LogP contribution in [0.4, 0.5) is 0 Å². The first-order valence-electron chi connectivity index (χ1n) is 2.00. The second-order valence-corrected chi connectivity index (χ2v) is 0. The Hall–Kier alpha value is 0. The Morgan fingerprint density at radius 2 is 0.600 bits per heavy atom. The lowest BCUT2D eigenvalue weighted by atomic mass is 12.0. The highest BCUT2D eigenvalue weighted by molar-refractivity contribution is 2.51. The molecule has 0 aliphatic rings. The molecule has 0 N–H and O–H groups in total. The van der Waals surface area contributed by atoms with Gasteiger partial charge in [-0.15, -0.1) is 0 Å². The van der Waals surface area contributed by atoms with Gasteiger partial charge >= 0.3 is 0 Å². The molecule has 0 radical (unpaired) electrons. The van der Waals surface area contributed by atoms with E-state index in [1.807, 2.05) is 0 Å². The van der Waals surface area contributed by atoms with Gasteiger partial charge in [-0.1, -0.05) is 37.1 Å². The molecule has 46 valence electrons. The second-order valence-electron chi connectivity index (χ2n) is 0. The Morgan fingerprint density at radius 1 is 0.600 bits per heavy atom. The summed E-state index contributed by atoms with van der Waals surface area (Å²) < 4.78 is 20.0. The lowest BCUT2D eigenvalue weighted by molar-refractivity contribution is 2.50. The molecule has 0 rings (SSSR count). The molecule has 0 bridgehead atoms. The van der Waals surface area contributed by atoms with E-state index in [2.05, 4.69) is 0 Å². The lowest BCUT2D eigenvalue weighted by Crippen LogP contribution is 0.143. The quantitative estimate of drug-likeness (QED) is 0.429. The molecule has 0 unspecified atom stereocenters. The van der Waals surface area contributed by atoms with Crippen molar-refractivity contribution in [2.45, 2.75) is 37.1 Å². The maximum absolute atomic E-state index is 5.00. The average Bonchev–Trinajstić information content (AvgIpc) is 1.50. The van der Waals surface area contributed by atoms with Gasteiger partial charge in [-0.3, -0.25) is 0 Å². The highest BCUT2D eigenvalue weighted by Crippen LogP contribution is 0.148. The molecule has 0 heterocycles. The molecule has 5 heavy (non-hydrogen) atoms. The molecule has 0 heteroatoms. The summed E-state index contributed by atoms with van der Waals surface area (Å²) in [5, 5.41) is 0. The third kappa shape index (κ3) is 0. The summed E-state index contributed by atoms with van der Waals surface area (Å²) in [7, 11) is 0. The van der Waals surface area contributed by atoms with Gasteiger partial charge in [0, 0.05) is 7.37 Å². The molecule has 0 aromatic carbocycles. The fraction of sp³-hybridized carbons (Fsp3) is 1.00. The first-order valence-corrected chi connectivity index (χ1v) is 0. The van der Waals surface area contributed by atoms with Crippen molar-refractivity contribution in [1.82, 2.24) is 0 Å². The average molecular weight is 96.3 g/mol. The number of hydrogen-bond acceptors (Lipinski definition) is 0. The molecule has 0 amide bonds. The Bertz CT molecular complexity index is 10.0. The van der Waals surface area contributed by atoms with E-state index < -0.39 is 0 Å². The summed E-state index contributed by atoms with van der Waals surface area (Å²) in [6, 6.07) is 0. The molecular weight excluding hydrogens is 60.1 g/mol. The molecular formula is C5H26. The third-order valence-electron chi connectivity index (χ3n) is 0. The maximum Gasteiger partial charge on any atom is 0 e. The number of rotatable bonds is 0. The molecule has 0 aliphatic carbocycles. The third-order valence-corrected chi connectivity index (χ3v) is 0. The highest BCUT2D eigenvalue weighted by atomic mass is 12.0. The fourth-order valence-corrected chi connectivity index (χ4v) is 0. The number of hydrogen-bond donors (Lipinski definition) is 0. The van der Waals surface area contributed by atoms with Crippen LogP contribution in [0.2, 0.25) is 0 Å². The molecule has 0 saturated carbocycles. The van der Waals surface area contributed by atoms with Crippen molar-refractivity contribution in [3.05, 3.63) is 0 Å². The molecule has 0 fully saturated rings. The minimum atomic E-state index is 0. The Morgan fingerprint density at radius 3 is 0.600 bits per heavy atom. The second kappa shape index (κ2) is 0. The van der Waals surface area contributed by atoms with Crippen molar-refractivity contribution < 1.29 is 7.37 Å². The molecule has 0 saturated heterocycles. The van der Waals surface area contributed by atoms with Crippen LogP contribution in [0.25, 0.3) is 0 Å². The summed E-state index contributed by atoms with van der Waals surface area (Å²) in [6.07, 6.45) is 0. The molecule has 0 aromatic heterocycles. The van der Waals surface area contributed by atoms with Gasteiger partial charge in [-0.2, -0.15) is 0 Å². The van der Waals surface area contributed by atoms with Gasteiger partial charge in [0.05, 0.1) is 0 Å². The normalized spacial score (nSPS) is 3.20. The van der Waals surface area contributed by atoms with Gasteiger partial charge in [-0.05, 0) is 0 Å². The fourth-order valence-electron chi connectivity index (χ4n) is 0. The van der Waals surface area contributed by atoms with Crippen molar-refractivity contribution in [3.8, 4) is 0 Å². The van der Waals surface area contributed by atoms with E-state index >= 15 is 0 Å². The predicted molar refractivity (Wildman–Crippen MR) is 40.0 cm³/mol. The van der Waals surface area contributed by atoms with Crippen LogP contribution in [0.1, 0.15) is 44.5 Å². The predicted octanol–water partition coefficient (Wildman–Crippen LogP) is 3.92. The minimum Gasteiger partial charge on any atom is -0.0776 e. The van der Waals surface area contributed by atoms with Crippen LogP contribution >= 0.6 is 0 Å². The van der Waals surface area contributed by atoms with Crippen LogP contribution < -0.4 is 0 Å². The van der Waals surface area contributed by atoms with E-state index in [1.165, 1.54) is 0 Å². The SMILES string of the molecule is C.C.C.C.C.[3HH].[3H][3H].[3H][3H]. The van der Waals surface area contributed by atoms with Crippen LogP contribution in [0.3, 0.4) is 0 Å². The van der Waals surface area contributed by atoms with E-state index in [0.717, 1.165) is 0 Å². The topological polar surface area (TPSA) is 0 Å². The first-order chi connectivity index (χ1) is 2.00. The monoisotopic (exact) mass is 96.2 g/mol. The Labute approximate surface area is 45.9 Å². The summed E-state index contributed by atoms with van der Waals surface area (Å²) in [6.45, 7) is 0. The van der Waals surface area contributed by atoms with E-state index in [0.29, 0.717) is 0 Å². The minimum absolute atomic E-state index is 0. The lowest BCUT2D eigenvalue weighted by Gasteiger charge is -0.0786. The van der Waals surface area contributed by atoms with Gasteiger partial charge in [0.15, 0.2) is 0 Å². The van der Waals surface area contributed by atoms with Gasteiger partial charge in [0.1, 0.15) is 0 Å². The zero-order valence-electron chi connectivity index (χ0n) is 4.00. The van der Waals surface area contributed by atoms with Gasteiger partial charge in [-0.25, -0.2) is 0 Å².